The van der Waals surface area contributed by atoms with E-state index in [1.165, 1.54) is 107 Å². The predicted molar refractivity (Wildman–Crippen MR) is 258 cm³/mol. The Morgan fingerprint density at radius 1 is 0.322 bits per heavy atom. The maximum absolute atomic E-state index is 2.57. The molecule has 0 fully saturated rings. The number of nitrogens with zero attached hydrogens (tertiary/aromatic N) is 1. The number of rotatable bonds is 6. The Hall–Kier alpha value is -7.04. The third kappa shape index (κ3) is 5.51. The molecule has 3 heteroatoms. The van der Waals surface area contributed by atoms with Gasteiger partial charge in [-0.15, -0.1) is 22.7 Å². The molecule has 10 aromatic carbocycles. The van der Waals surface area contributed by atoms with E-state index in [1.807, 2.05) is 22.7 Å². The van der Waals surface area contributed by atoms with Gasteiger partial charge in [-0.3, -0.25) is 0 Å². The molecule has 0 N–H and O–H groups in total. The highest BCUT2D eigenvalue weighted by molar-refractivity contribution is 7.26. The van der Waals surface area contributed by atoms with Crippen LogP contribution in [0, 0.1) is 0 Å². The second-order valence-electron chi connectivity index (χ2n) is 15.2. The van der Waals surface area contributed by atoms with Crippen molar-refractivity contribution in [1.29, 1.82) is 0 Å². The highest BCUT2D eigenvalue weighted by Crippen LogP contribution is 2.53. The van der Waals surface area contributed by atoms with Gasteiger partial charge in [0.05, 0.1) is 16.1 Å². The molecule has 59 heavy (non-hydrogen) atoms. The molecule has 0 saturated carbocycles. The molecular formula is C56H35NS2. The molecule has 12 rings (SSSR count). The van der Waals surface area contributed by atoms with E-state index in [1.54, 1.807) is 0 Å². The molecule has 0 saturated heterocycles. The Balaban J connectivity index is 1.19. The highest BCUT2D eigenvalue weighted by atomic mass is 32.1. The Labute approximate surface area is 350 Å². The predicted octanol–water partition coefficient (Wildman–Crippen LogP) is 17.2. The second-order valence-corrected chi connectivity index (χ2v) is 17.3. The van der Waals surface area contributed by atoms with Crippen LogP contribution >= 0.6 is 22.7 Å². The van der Waals surface area contributed by atoms with Gasteiger partial charge in [0, 0.05) is 52.3 Å². The number of benzene rings is 10. The second kappa shape index (κ2) is 13.8. The first-order valence-corrected chi connectivity index (χ1v) is 21.7. The topological polar surface area (TPSA) is 3.24 Å². The molecule has 0 radical (unpaired) electrons. The van der Waals surface area contributed by atoms with Crippen molar-refractivity contribution in [3.05, 3.63) is 212 Å². The monoisotopic (exact) mass is 785 g/mol. The van der Waals surface area contributed by atoms with E-state index in [4.69, 9.17) is 0 Å². The van der Waals surface area contributed by atoms with Crippen LogP contribution in [-0.2, 0) is 0 Å². The van der Waals surface area contributed by atoms with Crippen molar-refractivity contribution in [3.8, 4) is 33.4 Å². The van der Waals surface area contributed by atoms with Crippen LogP contribution in [0.25, 0.3) is 95.3 Å². The fourth-order valence-electron chi connectivity index (χ4n) is 9.23. The van der Waals surface area contributed by atoms with E-state index in [9.17, 15) is 0 Å². The average Bonchev–Trinajstić information content (AvgIpc) is 3.89. The zero-order chi connectivity index (χ0) is 38.9. The molecule has 2 heterocycles. The highest BCUT2D eigenvalue weighted by Gasteiger charge is 2.26. The summed E-state index contributed by atoms with van der Waals surface area (Å²) in [4.78, 5) is 2.57. The van der Waals surface area contributed by atoms with E-state index >= 15 is 0 Å². The average molecular weight is 786 g/mol. The fourth-order valence-corrected chi connectivity index (χ4v) is 11.6. The van der Waals surface area contributed by atoms with Crippen molar-refractivity contribution in [3.63, 3.8) is 0 Å². The number of fused-ring (bicyclic) bond motifs is 9. The van der Waals surface area contributed by atoms with Crippen molar-refractivity contribution in [2.45, 2.75) is 0 Å². The largest absolute Gasteiger partial charge is 0.308 e. The molecule has 0 amide bonds. The van der Waals surface area contributed by atoms with Crippen molar-refractivity contribution >= 4 is 102 Å². The fraction of sp³-hybridized carbons (Fsp3) is 0. The lowest BCUT2D eigenvalue weighted by Crippen LogP contribution is -2.12. The third-order valence-electron chi connectivity index (χ3n) is 11.9. The molecule has 2 aromatic heterocycles. The van der Waals surface area contributed by atoms with E-state index in [2.05, 4.69) is 217 Å². The van der Waals surface area contributed by atoms with E-state index < -0.39 is 0 Å². The maximum Gasteiger partial charge on any atom is 0.0640 e. The first kappa shape index (κ1) is 34.0. The van der Waals surface area contributed by atoms with Crippen LogP contribution in [0.15, 0.2) is 212 Å². The van der Waals surface area contributed by atoms with Crippen LogP contribution in [0.4, 0.5) is 17.1 Å². The van der Waals surface area contributed by atoms with Crippen molar-refractivity contribution in [1.82, 2.24) is 0 Å². The first-order valence-electron chi connectivity index (χ1n) is 20.1. The molecule has 0 unspecified atom stereocenters. The standard InChI is InChI=1S/C56H35NS2/c1-2-15-36(16-3-1)37-31-33-38(34-32-37)53-45-22-6-4-19-42(45)43-20-5-7-23-46(43)55(53)57(49-27-13-26-47-44-21-8-10-28-50(44)59-56(47)49)40-18-12-17-39(35-40)41-25-14-30-52-54(41)48-24-9-11-29-51(48)58-52/h1-35H. The van der Waals surface area contributed by atoms with Gasteiger partial charge in [0.15, 0.2) is 0 Å². The van der Waals surface area contributed by atoms with Crippen LogP contribution < -0.4 is 4.90 Å². The van der Waals surface area contributed by atoms with Gasteiger partial charge in [-0.2, -0.15) is 0 Å². The summed E-state index contributed by atoms with van der Waals surface area (Å²) in [6.07, 6.45) is 0. The minimum atomic E-state index is 1.12. The Bertz CT molecular complexity index is 3560. The lowest BCUT2D eigenvalue weighted by atomic mass is 9.89. The van der Waals surface area contributed by atoms with Gasteiger partial charge in [-0.1, -0.05) is 176 Å². The lowest BCUT2D eigenvalue weighted by Gasteiger charge is -2.31. The minimum absolute atomic E-state index is 1.12. The van der Waals surface area contributed by atoms with Gasteiger partial charge in [0.1, 0.15) is 0 Å². The van der Waals surface area contributed by atoms with Gasteiger partial charge in [-0.25, -0.2) is 0 Å². The molecule has 0 bridgehead atoms. The van der Waals surface area contributed by atoms with Gasteiger partial charge >= 0.3 is 0 Å². The van der Waals surface area contributed by atoms with Crippen molar-refractivity contribution in [2.24, 2.45) is 0 Å². The van der Waals surface area contributed by atoms with Crippen LogP contribution in [-0.4, -0.2) is 0 Å². The van der Waals surface area contributed by atoms with Gasteiger partial charge in [0.2, 0.25) is 0 Å². The molecule has 0 aliphatic carbocycles. The lowest BCUT2D eigenvalue weighted by molar-refractivity contribution is 1.32. The van der Waals surface area contributed by atoms with Crippen molar-refractivity contribution in [2.75, 3.05) is 4.90 Å². The van der Waals surface area contributed by atoms with E-state index in [0.717, 1.165) is 5.69 Å². The van der Waals surface area contributed by atoms with Crippen LogP contribution in [0.1, 0.15) is 0 Å². The zero-order valence-electron chi connectivity index (χ0n) is 32.0. The van der Waals surface area contributed by atoms with Gasteiger partial charge < -0.3 is 4.90 Å². The molecule has 1 nitrogen and oxygen atoms in total. The molecule has 0 spiro atoms. The molecule has 0 aliphatic heterocycles. The van der Waals surface area contributed by atoms with Crippen LogP contribution in [0.2, 0.25) is 0 Å². The number of anilines is 3. The quantitative estimate of drug-likeness (QED) is 0.152. The molecule has 12 aromatic rings. The number of hydrogen-bond acceptors (Lipinski definition) is 3. The maximum atomic E-state index is 2.57. The summed E-state index contributed by atoms with van der Waals surface area (Å²) in [5.74, 6) is 0. The van der Waals surface area contributed by atoms with Crippen LogP contribution in [0.3, 0.4) is 0 Å². The Morgan fingerprint density at radius 3 is 1.66 bits per heavy atom. The molecule has 0 aliphatic rings. The van der Waals surface area contributed by atoms with Gasteiger partial charge in [-0.05, 0) is 80.4 Å². The summed E-state index contributed by atoms with van der Waals surface area (Å²) < 4.78 is 5.19. The number of hydrogen-bond donors (Lipinski definition) is 0. The van der Waals surface area contributed by atoms with E-state index in [0.29, 0.717) is 0 Å². The van der Waals surface area contributed by atoms with E-state index in [-0.39, 0.29) is 0 Å². The summed E-state index contributed by atoms with van der Waals surface area (Å²) in [6.45, 7) is 0. The SMILES string of the molecule is c1ccc(-c2ccc(-c3c(N(c4cccc(-c5cccc6sc7ccccc7c56)c4)c4cccc5c4sc4ccccc45)c4ccccc4c4ccccc34)cc2)cc1. The molecule has 0 atom stereocenters. The van der Waals surface area contributed by atoms with Crippen molar-refractivity contribution < 1.29 is 0 Å². The summed E-state index contributed by atoms with van der Waals surface area (Å²) >= 11 is 3.75. The molecule has 276 valence electrons. The summed E-state index contributed by atoms with van der Waals surface area (Å²) in [5.41, 5.74) is 10.7. The normalized spacial score (nSPS) is 11.7. The third-order valence-corrected chi connectivity index (χ3v) is 14.2. The Morgan fingerprint density at radius 2 is 0.864 bits per heavy atom. The van der Waals surface area contributed by atoms with Crippen LogP contribution in [0.5, 0.6) is 0 Å². The molecular weight excluding hydrogens is 751 g/mol. The zero-order valence-corrected chi connectivity index (χ0v) is 33.6. The smallest absolute Gasteiger partial charge is 0.0640 e. The summed E-state index contributed by atoms with van der Waals surface area (Å²) in [5, 5.41) is 10.1. The minimum Gasteiger partial charge on any atom is -0.308 e. The Kier molecular flexibility index (Phi) is 7.97. The number of thiophene rings is 2. The summed E-state index contributed by atoms with van der Waals surface area (Å²) in [7, 11) is 0. The summed E-state index contributed by atoms with van der Waals surface area (Å²) in [6, 6.07) is 78.3. The van der Waals surface area contributed by atoms with Gasteiger partial charge in [0.25, 0.3) is 0 Å². The first-order chi connectivity index (χ1) is 29.3.